The van der Waals surface area contributed by atoms with E-state index in [0.717, 1.165) is 44.9 Å². The molecule has 276 valence electrons. The third-order valence-corrected chi connectivity index (χ3v) is 11.0. The van der Waals surface area contributed by atoms with Crippen LogP contribution < -0.4 is 10.6 Å². The number of alkyl halides is 2. The van der Waals surface area contributed by atoms with Crippen LogP contribution in [0.1, 0.15) is 142 Å². The average Bonchev–Trinajstić information content (AvgIpc) is 3.30. The Bertz CT molecular complexity index is 843. The van der Waals surface area contributed by atoms with Crippen LogP contribution in [0.15, 0.2) is 0 Å². The van der Waals surface area contributed by atoms with Gasteiger partial charge in [0.15, 0.2) is 6.10 Å². The SMILES string of the molecule is CCCCCCCCCCCCCCCC(=O)OC1C(SC)OC(C(NC(=O)C2CCC(CCCCF)CCN2)C(C)Cl)C(O)C1O. The summed E-state index contributed by atoms with van der Waals surface area (Å²) in [5.41, 5.74) is -0.732. The molecule has 0 aliphatic carbocycles. The zero-order chi connectivity index (χ0) is 34.4. The Morgan fingerprint density at radius 2 is 1.55 bits per heavy atom. The molecule has 2 rings (SSSR count). The number of rotatable bonds is 24. The van der Waals surface area contributed by atoms with Gasteiger partial charge in [0.25, 0.3) is 0 Å². The van der Waals surface area contributed by atoms with Gasteiger partial charge in [0, 0.05) is 6.42 Å². The first-order chi connectivity index (χ1) is 22.7. The topological polar surface area (TPSA) is 117 Å². The molecule has 2 fully saturated rings. The number of amides is 1. The summed E-state index contributed by atoms with van der Waals surface area (Å²) in [4.78, 5) is 26.0. The standard InChI is InChI=1S/C36H66ClFN2O6S/c1-4-5-6-7-8-9-10-11-12-13-14-15-16-20-29(41)45-34-32(43)31(42)33(46-36(34)47-3)30(26(2)37)40-35(44)28-22-21-27(23-25-39-28)19-17-18-24-38/h26-28,30-34,36,39,42-43H,4-25H2,1-3H3,(H,40,44). The molecule has 9 atom stereocenters. The van der Waals surface area contributed by atoms with E-state index in [2.05, 4.69) is 17.6 Å². The molecule has 1 amide bonds. The normalized spacial score (nSPS) is 27.9. The molecule has 0 aromatic rings. The molecule has 9 unspecified atom stereocenters. The second-order valence-corrected chi connectivity index (χ2v) is 15.4. The van der Waals surface area contributed by atoms with Gasteiger partial charge in [0.05, 0.1) is 24.1 Å². The Morgan fingerprint density at radius 1 is 0.936 bits per heavy atom. The zero-order valence-electron chi connectivity index (χ0n) is 29.4. The van der Waals surface area contributed by atoms with E-state index < -0.39 is 53.3 Å². The summed E-state index contributed by atoms with van der Waals surface area (Å²) in [6, 6.07) is -1.20. The second-order valence-electron chi connectivity index (χ2n) is 13.8. The lowest BCUT2D eigenvalue weighted by Crippen LogP contribution is -2.65. The lowest BCUT2D eigenvalue weighted by molar-refractivity contribution is -0.218. The number of carbonyl (C=O) groups excluding carboxylic acids is 2. The number of nitrogens with one attached hydrogen (secondary N) is 2. The van der Waals surface area contributed by atoms with E-state index in [9.17, 15) is 24.2 Å². The van der Waals surface area contributed by atoms with Crippen LogP contribution in [0.5, 0.6) is 0 Å². The van der Waals surface area contributed by atoms with Gasteiger partial charge in [0.2, 0.25) is 5.91 Å². The van der Waals surface area contributed by atoms with Crippen LogP contribution >= 0.6 is 23.4 Å². The molecule has 2 aliphatic rings. The fourth-order valence-corrected chi connectivity index (χ4v) is 7.78. The van der Waals surface area contributed by atoms with Crippen LogP contribution in [0.25, 0.3) is 0 Å². The molecule has 0 saturated carbocycles. The number of thioether (sulfide) groups is 1. The average molecular weight is 709 g/mol. The minimum atomic E-state index is -1.42. The summed E-state index contributed by atoms with van der Waals surface area (Å²) in [6.07, 6.45) is 17.9. The summed E-state index contributed by atoms with van der Waals surface area (Å²) in [5, 5.41) is 27.9. The van der Waals surface area contributed by atoms with E-state index in [-0.39, 0.29) is 19.0 Å². The predicted molar refractivity (Wildman–Crippen MR) is 191 cm³/mol. The molecule has 0 spiro atoms. The fraction of sp³-hybridized carbons (Fsp3) is 0.944. The summed E-state index contributed by atoms with van der Waals surface area (Å²) in [6.45, 7) is 4.36. The molecule has 0 bridgehead atoms. The van der Waals surface area contributed by atoms with Crippen LogP contribution in [-0.4, -0.2) is 88.9 Å². The maximum absolute atomic E-state index is 13.3. The number of esters is 1. The second kappa shape index (κ2) is 25.3. The first-order valence-electron chi connectivity index (χ1n) is 18.7. The molecule has 2 aliphatic heterocycles. The Labute approximate surface area is 293 Å². The molecular formula is C36H66ClFN2O6S. The first kappa shape index (κ1) is 42.5. The fourth-order valence-electron chi connectivity index (χ4n) is 6.85. The Balaban J connectivity index is 1.76. The lowest BCUT2D eigenvalue weighted by Gasteiger charge is -2.45. The Hall–Kier alpha value is -0.650. The van der Waals surface area contributed by atoms with E-state index in [0.29, 0.717) is 25.3 Å². The van der Waals surface area contributed by atoms with E-state index in [1.54, 1.807) is 13.2 Å². The third-order valence-electron chi connectivity index (χ3n) is 9.84. The van der Waals surface area contributed by atoms with Crippen LogP contribution in [0.2, 0.25) is 0 Å². The lowest BCUT2D eigenvalue weighted by atomic mass is 9.92. The highest BCUT2D eigenvalue weighted by molar-refractivity contribution is 7.99. The quantitative estimate of drug-likeness (QED) is 0.0473. The highest BCUT2D eigenvalue weighted by atomic mass is 35.5. The van der Waals surface area contributed by atoms with Crippen molar-refractivity contribution in [1.29, 1.82) is 0 Å². The molecule has 8 nitrogen and oxygen atoms in total. The van der Waals surface area contributed by atoms with Crippen LogP contribution in [0.4, 0.5) is 4.39 Å². The van der Waals surface area contributed by atoms with Gasteiger partial charge in [-0.25, -0.2) is 0 Å². The van der Waals surface area contributed by atoms with Gasteiger partial charge < -0.3 is 30.3 Å². The number of halogens is 2. The molecule has 0 radical (unpaired) electrons. The van der Waals surface area contributed by atoms with Gasteiger partial charge in [-0.2, -0.15) is 0 Å². The number of hydrogen-bond acceptors (Lipinski definition) is 8. The minimum Gasteiger partial charge on any atom is -0.456 e. The summed E-state index contributed by atoms with van der Waals surface area (Å²) in [5.74, 6) is -0.188. The number of unbranched alkanes of at least 4 members (excludes halogenated alkanes) is 13. The molecule has 47 heavy (non-hydrogen) atoms. The van der Waals surface area contributed by atoms with Gasteiger partial charge in [-0.05, 0) is 57.7 Å². The molecule has 2 heterocycles. The van der Waals surface area contributed by atoms with Gasteiger partial charge >= 0.3 is 5.97 Å². The van der Waals surface area contributed by atoms with Gasteiger partial charge in [-0.1, -0.05) is 96.8 Å². The molecular weight excluding hydrogens is 643 g/mol. The molecule has 0 aromatic carbocycles. The third kappa shape index (κ3) is 16.3. The highest BCUT2D eigenvalue weighted by Crippen LogP contribution is 2.33. The minimum absolute atomic E-state index is 0.232. The van der Waals surface area contributed by atoms with Crippen molar-refractivity contribution in [2.75, 3.05) is 19.5 Å². The molecule has 11 heteroatoms. The largest absolute Gasteiger partial charge is 0.456 e. The summed E-state index contributed by atoms with van der Waals surface area (Å²) in [7, 11) is 0. The van der Waals surface area contributed by atoms with E-state index in [1.807, 2.05) is 0 Å². The van der Waals surface area contributed by atoms with Crippen LogP contribution in [0, 0.1) is 5.92 Å². The predicted octanol–water partition coefficient (Wildman–Crippen LogP) is 7.20. The van der Waals surface area contributed by atoms with Crippen molar-refractivity contribution in [3.05, 3.63) is 0 Å². The van der Waals surface area contributed by atoms with Gasteiger partial charge in [-0.3, -0.25) is 14.0 Å². The van der Waals surface area contributed by atoms with Crippen molar-refractivity contribution < 1.29 is 33.7 Å². The number of ether oxygens (including phenoxy) is 2. The van der Waals surface area contributed by atoms with Gasteiger partial charge in [-0.15, -0.1) is 23.4 Å². The number of carbonyl (C=O) groups is 2. The number of aliphatic hydroxyl groups is 2. The molecule has 2 saturated heterocycles. The van der Waals surface area contributed by atoms with E-state index >= 15 is 0 Å². The van der Waals surface area contributed by atoms with Crippen molar-refractivity contribution in [2.45, 2.75) is 190 Å². The van der Waals surface area contributed by atoms with Crippen molar-refractivity contribution in [2.24, 2.45) is 5.92 Å². The smallest absolute Gasteiger partial charge is 0.306 e. The summed E-state index contributed by atoms with van der Waals surface area (Å²) < 4.78 is 24.4. The van der Waals surface area contributed by atoms with Crippen molar-refractivity contribution in [1.82, 2.24) is 10.6 Å². The van der Waals surface area contributed by atoms with Crippen LogP contribution in [-0.2, 0) is 19.1 Å². The summed E-state index contributed by atoms with van der Waals surface area (Å²) >= 11 is 7.80. The Kier molecular flexibility index (Phi) is 22.9. The number of aliphatic hydroxyl groups excluding tert-OH is 2. The highest BCUT2D eigenvalue weighted by Gasteiger charge is 2.50. The molecule has 0 aromatic heterocycles. The van der Waals surface area contributed by atoms with Crippen LogP contribution in [0.3, 0.4) is 0 Å². The van der Waals surface area contributed by atoms with Gasteiger partial charge in [0.1, 0.15) is 23.7 Å². The van der Waals surface area contributed by atoms with Crippen molar-refractivity contribution in [3.63, 3.8) is 0 Å². The van der Waals surface area contributed by atoms with E-state index in [1.165, 1.54) is 76.0 Å². The monoisotopic (exact) mass is 708 g/mol. The maximum atomic E-state index is 13.3. The zero-order valence-corrected chi connectivity index (χ0v) is 31.0. The Morgan fingerprint density at radius 3 is 2.13 bits per heavy atom. The maximum Gasteiger partial charge on any atom is 0.306 e. The number of hydrogen-bond donors (Lipinski definition) is 4. The van der Waals surface area contributed by atoms with Crippen molar-refractivity contribution in [3.8, 4) is 0 Å². The first-order valence-corrected chi connectivity index (χ1v) is 20.4. The molecule has 4 N–H and O–H groups in total. The van der Waals surface area contributed by atoms with Crippen molar-refractivity contribution >= 4 is 35.2 Å². The van der Waals surface area contributed by atoms with E-state index in [4.69, 9.17) is 21.1 Å².